The molecule has 1 saturated carbocycles. The summed E-state index contributed by atoms with van der Waals surface area (Å²) in [6, 6.07) is 2.50. The maximum Gasteiger partial charge on any atom is 0.341 e. The van der Waals surface area contributed by atoms with Gasteiger partial charge in [-0.2, -0.15) is 0 Å². The highest BCUT2D eigenvalue weighted by molar-refractivity contribution is 6.31. The smallest absolute Gasteiger partial charge is 0.341 e. The number of carboxylic acid groups (broad SMARTS) is 1. The van der Waals surface area contributed by atoms with E-state index < -0.39 is 17.2 Å². The highest BCUT2D eigenvalue weighted by atomic mass is 35.5. The van der Waals surface area contributed by atoms with Crippen LogP contribution in [0, 0.1) is 5.82 Å². The maximum atomic E-state index is 13.5. The van der Waals surface area contributed by atoms with Crippen LogP contribution >= 0.6 is 11.6 Å². The van der Waals surface area contributed by atoms with E-state index in [0.717, 1.165) is 12.8 Å². The van der Waals surface area contributed by atoms with Gasteiger partial charge in [0.1, 0.15) is 11.4 Å². The van der Waals surface area contributed by atoms with Crippen LogP contribution in [0.4, 0.5) is 4.39 Å². The van der Waals surface area contributed by atoms with Gasteiger partial charge in [-0.25, -0.2) is 9.18 Å². The van der Waals surface area contributed by atoms with Crippen LogP contribution in [0.2, 0.25) is 5.02 Å². The normalized spacial score (nSPS) is 14.8. The van der Waals surface area contributed by atoms with E-state index in [2.05, 4.69) is 0 Å². The number of aromatic nitrogens is 1. The van der Waals surface area contributed by atoms with Gasteiger partial charge in [0.15, 0.2) is 0 Å². The van der Waals surface area contributed by atoms with Crippen LogP contribution in [0.25, 0.3) is 10.9 Å². The third-order valence-corrected chi connectivity index (χ3v) is 3.53. The topological polar surface area (TPSA) is 59.3 Å². The van der Waals surface area contributed by atoms with Gasteiger partial charge in [0.25, 0.3) is 0 Å². The molecule has 1 aromatic carbocycles. The molecule has 98 valence electrons. The fourth-order valence-corrected chi connectivity index (χ4v) is 2.31. The van der Waals surface area contributed by atoms with Gasteiger partial charge in [-0.3, -0.25) is 4.79 Å². The lowest BCUT2D eigenvalue weighted by Crippen LogP contribution is -2.18. The third-order valence-electron chi connectivity index (χ3n) is 3.24. The Morgan fingerprint density at radius 3 is 2.68 bits per heavy atom. The molecule has 1 heterocycles. The zero-order valence-electron chi connectivity index (χ0n) is 9.69. The van der Waals surface area contributed by atoms with Crippen LogP contribution in [0.1, 0.15) is 29.2 Å². The SMILES string of the molecule is O=C(O)c1cn(C2CC2)c2cc(F)c(Cl)cc2c1=O. The van der Waals surface area contributed by atoms with Crippen molar-refractivity contribution in [2.45, 2.75) is 18.9 Å². The summed E-state index contributed by atoms with van der Waals surface area (Å²) in [5, 5.41) is 9.01. The Balaban J connectivity index is 2.45. The van der Waals surface area contributed by atoms with Crippen molar-refractivity contribution in [1.29, 1.82) is 0 Å². The number of hydrogen-bond acceptors (Lipinski definition) is 2. The molecule has 1 fully saturated rings. The van der Waals surface area contributed by atoms with Crippen LogP contribution in [0.3, 0.4) is 0 Å². The predicted molar refractivity (Wildman–Crippen MR) is 68.4 cm³/mol. The molecule has 1 aliphatic rings. The van der Waals surface area contributed by atoms with Crippen molar-refractivity contribution >= 4 is 28.5 Å². The van der Waals surface area contributed by atoms with Crippen LogP contribution in [-0.2, 0) is 0 Å². The number of aromatic carboxylic acids is 1. The lowest BCUT2D eigenvalue weighted by atomic mass is 10.1. The molecule has 2 aromatic rings. The van der Waals surface area contributed by atoms with E-state index in [1.54, 1.807) is 4.57 Å². The van der Waals surface area contributed by atoms with Crippen molar-refractivity contribution in [3.63, 3.8) is 0 Å². The van der Waals surface area contributed by atoms with Gasteiger partial charge in [0, 0.05) is 17.6 Å². The number of fused-ring (bicyclic) bond motifs is 1. The van der Waals surface area contributed by atoms with Gasteiger partial charge in [0.2, 0.25) is 5.43 Å². The molecular weight excluding hydrogens is 273 g/mol. The molecule has 1 aliphatic carbocycles. The molecule has 0 aliphatic heterocycles. The summed E-state index contributed by atoms with van der Waals surface area (Å²) in [5.74, 6) is -1.91. The minimum Gasteiger partial charge on any atom is -0.477 e. The lowest BCUT2D eigenvalue weighted by molar-refractivity contribution is 0.0695. The molecule has 0 unspecified atom stereocenters. The first-order valence-electron chi connectivity index (χ1n) is 5.76. The summed E-state index contributed by atoms with van der Waals surface area (Å²) in [7, 11) is 0. The monoisotopic (exact) mass is 281 g/mol. The second kappa shape index (κ2) is 4.06. The fourth-order valence-electron chi connectivity index (χ4n) is 2.15. The zero-order valence-corrected chi connectivity index (χ0v) is 10.4. The number of carboxylic acids is 1. The van der Waals surface area contributed by atoms with Crippen molar-refractivity contribution in [2.75, 3.05) is 0 Å². The van der Waals surface area contributed by atoms with Crippen molar-refractivity contribution in [3.05, 3.63) is 45.0 Å². The highest BCUT2D eigenvalue weighted by Gasteiger charge is 2.27. The van der Waals surface area contributed by atoms with Crippen LogP contribution < -0.4 is 5.43 Å². The molecule has 4 nitrogen and oxygen atoms in total. The fraction of sp³-hybridized carbons (Fsp3) is 0.231. The van der Waals surface area contributed by atoms with Crippen LogP contribution in [-0.4, -0.2) is 15.6 Å². The van der Waals surface area contributed by atoms with Crippen molar-refractivity contribution in [1.82, 2.24) is 4.57 Å². The van der Waals surface area contributed by atoms with Crippen molar-refractivity contribution in [3.8, 4) is 0 Å². The number of nitrogens with zero attached hydrogens (tertiary/aromatic N) is 1. The van der Waals surface area contributed by atoms with Gasteiger partial charge in [0.05, 0.1) is 10.5 Å². The van der Waals surface area contributed by atoms with Gasteiger partial charge in [-0.15, -0.1) is 0 Å². The minimum atomic E-state index is -1.29. The molecule has 0 atom stereocenters. The second-order valence-electron chi connectivity index (χ2n) is 4.60. The average Bonchev–Trinajstić information content (AvgIpc) is 3.16. The molecule has 0 saturated heterocycles. The summed E-state index contributed by atoms with van der Waals surface area (Å²) in [6.45, 7) is 0. The number of benzene rings is 1. The molecule has 6 heteroatoms. The standard InChI is InChI=1S/C13H9ClFNO3/c14-9-3-7-11(4-10(9)15)16(6-1-2-6)5-8(12(7)17)13(18)19/h3-6H,1-2H2,(H,18,19). The van der Waals surface area contributed by atoms with Gasteiger partial charge in [-0.1, -0.05) is 11.6 Å². The Hall–Kier alpha value is -1.88. The summed E-state index contributed by atoms with van der Waals surface area (Å²) in [4.78, 5) is 23.1. The second-order valence-corrected chi connectivity index (χ2v) is 5.01. The Bertz CT molecular complexity index is 765. The first-order chi connectivity index (χ1) is 8.99. The first-order valence-corrected chi connectivity index (χ1v) is 6.14. The molecule has 19 heavy (non-hydrogen) atoms. The van der Waals surface area contributed by atoms with Crippen molar-refractivity contribution < 1.29 is 14.3 Å². The number of rotatable bonds is 2. The number of halogens is 2. The molecule has 0 bridgehead atoms. The van der Waals surface area contributed by atoms with Crippen LogP contribution in [0.5, 0.6) is 0 Å². The number of hydrogen-bond donors (Lipinski definition) is 1. The largest absolute Gasteiger partial charge is 0.477 e. The molecule has 0 amide bonds. The van der Waals surface area contributed by atoms with E-state index >= 15 is 0 Å². The predicted octanol–water partition coefficient (Wildman–Crippen LogP) is 2.83. The summed E-state index contributed by atoms with van der Waals surface area (Å²) >= 11 is 5.67. The third kappa shape index (κ3) is 1.90. The van der Waals surface area contributed by atoms with Crippen molar-refractivity contribution in [2.24, 2.45) is 0 Å². The molecular formula is C13H9ClFNO3. The molecule has 0 spiro atoms. The Morgan fingerprint density at radius 1 is 1.42 bits per heavy atom. The Morgan fingerprint density at radius 2 is 2.11 bits per heavy atom. The lowest BCUT2D eigenvalue weighted by Gasteiger charge is -2.11. The first kappa shape index (κ1) is 12.2. The van der Waals surface area contributed by atoms with E-state index in [0.29, 0.717) is 5.52 Å². The Kier molecular flexibility index (Phi) is 2.60. The average molecular weight is 282 g/mol. The summed E-state index contributed by atoms with van der Waals surface area (Å²) in [6.07, 6.45) is 3.07. The van der Waals surface area contributed by atoms with E-state index in [1.165, 1.54) is 18.3 Å². The van der Waals surface area contributed by atoms with Crippen LogP contribution in [0.15, 0.2) is 23.1 Å². The Labute approximate surface area is 112 Å². The van der Waals surface area contributed by atoms with E-state index in [9.17, 15) is 14.0 Å². The summed E-state index contributed by atoms with van der Waals surface area (Å²) in [5.41, 5.74) is -0.567. The molecule has 1 aromatic heterocycles. The quantitative estimate of drug-likeness (QED) is 0.921. The van der Waals surface area contributed by atoms with E-state index in [1.807, 2.05) is 0 Å². The minimum absolute atomic E-state index is 0.127. The van der Waals surface area contributed by atoms with Gasteiger partial charge >= 0.3 is 5.97 Å². The highest BCUT2D eigenvalue weighted by Crippen LogP contribution is 2.37. The van der Waals surface area contributed by atoms with E-state index in [4.69, 9.17) is 16.7 Å². The van der Waals surface area contributed by atoms with Gasteiger partial charge in [-0.05, 0) is 25.0 Å². The molecule has 0 radical (unpaired) electrons. The van der Waals surface area contributed by atoms with E-state index in [-0.39, 0.29) is 22.0 Å². The summed E-state index contributed by atoms with van der Waals surface area (Å²) < 4.78 is 15.2. The maximum absolute atomic E-state index is 13.5. The molecule has 1 N–H and O–H groups in total. The molecule has 3 rings (SSSR count). The number of carbonyl (C=O) groups is 1. The van der Waals surface area contributed by atoms with Gasteiger partial charge < -0.3 is 9.67 Å². The number of pyridine rings is 1. The zero-order chi connectivity index (χ0) is 13.7.